The van der Waals surface area contributed by atoms with E-state index in [1.54, 1.807) is 42.5 Å². The minimum Gasteiger partial charge on any atom is -0.495 e. The molecule has 0 saturated heterocycles. The van der Waals surface area contributed by atoms with Crippen molar-refractivity contribution in [1.29, 1.82) is 0 Å². The maximum atomic E-state index is 12.3. The summed E-state index contributed by atoms with van der Waals surface area (Å²) in [5, 5.41) is 14.7. The smallest absolute Gasteiger partial charge is 0.276 e. The van der Waals surface area contributed by atoms with Crippen LogP contribution < -0.4 is 15.4 Å². The van der Waals surface area contributed by atoms with Gasteiger partial charge in [-0.1, -0.05) is 29.3 Å². The van der Waals surface area contributed by atoms with E-state index in [0.717, 1.165) is 5.69 Å². The Labute approximate surface area is 160 Å². The molecule has 0 aliphatic heterocycles. The zero-order valence-corrected chi connectivity index (χ0v) is 15.2. The molecule has 132 valence electrons. The van der Waals surface area contributed by atoms with Gasteiger partial charge in [-0.15, -0.1) is 10.2 Å². The lowest BCUT2D eigenvalue weighted by Gasteiger charge is -2.08. The molecular weight excluding hydrogens is 375 g/mol. The van der Waals surface area contributed by atoms with Crippen LogP contribution >= 0.6 is 23.2 Å². The first kappa shape index (κ1) is 18.0. The zero-order valence-electron chi connectivity index (χ0n) is 13.7. The largest absolute Gasteiger partial charge is 0.495 e. The van der Waals surface area contributed by atoms with Gasteiger partial charge in [-0.3, -0.25) is 4.79 Å². The molecule has 1 heterocycles. The molecule has 0 fully saturated rings. The van der Waals surface area contributed by atoms with E-state index < -0.39 is 5.91 Å². The molecule has 1 aromatic heterocycles. The number of carbonyl (C=O) groups excluding carboxylic acids is 1. The van der Waals surface area contributed by atoms with Gasteiger partial charge in [0.05, 0.1) is 12.1 Å². The molecule has 1 amide bonds. The van der Waals surface area contributed by atoms with Gasteiger partial charge in [0.15, 0.2) is 11.5 Å². The number of amides is 1. The normalized spacial score (nSPS) is 10.3. The van der Waals surface area contributed by atoms with Crippen molar-refractivity contribution in [2.24, 2.45) is 0 Å². The summed E-state index contributed by atoms with van der Waals surface area (Å²) in [6, 6.07) is 15.4. The summed E-state index contributed by atoms with van der Waals surface area (Å²) in [5.41, 5.74) is 1.48. The van der Waals surface area contributed by atoms with Crippen molar-refractivity contribution in [3.63, 3.8) is 0 Å². The third kappa shape index (κ3) is 4.41. The molecule has 0 unspecified atom stereocenters. The van der Waals surface area contributed by atoms with Crippen LogP contribution in [0, 0.1) is 0 Å². The van der Waals surface area contributed by atoms with Gasteiger partial charge in [0.25, 0.3) is 5.91 Å². The van der Waals surface area contributed by atoms with Crippen molar-refractivity contribution in [3.05, 3.63) is 70.3 Å². The predicted molar refractivity (Wildman–Crippen MR) is 103 cm³/mol. The maximum Gasteiger partial charge on any atom is 0.276 e. The molecule has 3 rings (SSSR count). The van der Waals surface area contributed by atoms with Crippen LogP contribution in [0.3, 0.4) is 0 Å². The van der Waals surface area contributed by atoms with Crippen molar-refractivity contribution in [2.75, 3.05) is 17.7 Å². The topological polar surface area (TPSA) is 76.1 Å². The van der Waals surface area contributed by atoms with Crippen molar-refractivity contribution < 1.29 is 9.53 Å². The Hall–Kier alpha value is -2.83. The van der Waals surface area contributed by atoms with Gasteiger partial charge in [0.2, 0.25) is 0 Å². The standard InChI is InChI=1S/C18H14Cl2N4O2/c1-26-16-7-5-13(10-14(16)20)22-18(25)15-6-8-17(24-23-15)21-12-4-2-3-11(19)9-12/h2-10H,1H3,(H,21,24)(H,22,25). The van der Waals surface area contributed by atoms with E-state index in [1.807, 2.05) is 12.1 Å². The lowest BCUT2D eigenvalue weighted by molar-refractivity contribution is 0.102. The Morgan fingerprint density at radius 2 is 1.85 bits per heavy atom. The van der Waals surface area contributed by atoms with Gasteiger partial charge < -0.3 is 15.4 Å². The number of aromatic nitrogens is 2. The van der Waals surface area contributed by atoms with Crippen LogP contribution in [0.5, 0.6) is 5.75 Å². The summed E-state index contributed by atoms with van der Waals surface area (Å²) in [6.45, 7) is 0. The molecule has 0 atom stereocenters. The summed E-state index contributed by atoms with van der Waals surface area (Å²) < 4.78 is 5.08. The average Bonchev–Trinajstić information content (AvgIpc) is 2.62. The summed E-state index contributed by atoms with van der Waals surface area (Å²) in [4.78, 5) is 12.3. The summed E-state index contributed by atoms with van der Waals surface area (Å²) in [6.07, 6.45) is 0. The molecule has 26 heavy (non-hydrogen) atoms. The van der Waals surface area contributed by atoms with Gasteiger partial charge in [-0.2, -0.15) is 0 Å². The second kappa shape index (κ2) is 8.03. The highest BCUT2D eigenvalue weighted by molar-refractivity contribution is 6.32. The van der Waals surface area contributed by atoms with Crippen molar-refractivity contribution in [2.45, 2.75) is 0 Å². The number of nitrogens with zero attached hydrogens (tertiary/aromatic N) is 2. The molecule has 0 saturated carbocycles. The molecule has 0 spiro atoms. The van der Waals surface area contributed by atoms with E-state index in [4.69, 9.17) is 27.9 Å². The molecule has 0 aliphatic carbocycles. The molecule has 2 aromatic carbocycles. The number of benzene rings is 2. The molecule has 0 bridgehead atoms. The molecule has 8 heteroatoms. The fourth-order valence-electron chi connectivity index (χ4n) is 2.17. The van der Waals surface area contributed by atoms with Gasteiger partial charge in [-0.25, -0.2) is 0 Å². The first-order chi connectivity index (χ1) is 12.5. The first-order valence-corrected chi connectivity index (χ1v) is 8.32. The Bertz CT molecular complexity index is 933. The summed E-state index contributed by atoms with van der Waals surface area (Å²) in [5.74, 6) is 0.630. The van der Waals surface area contributed by atoms with Gasteiger partial charge in [0, 0.05) is 16.4 Å². The number of methoxy groups -OCH3 is 1. The Balaban J connectivity index is 1.68. The highest BCUT2D eigenvalue weighted by Crippen LogP contribution is 2.27. The van der Waals surface area contributed by atoms with Gasteiger partial charge in [-0.05, 0) is 48.5 Å². The number of ether oxygens (including phenoxy) is 1. The third-order valence-electron chi connectivity index (χ3n) is 3.40. The lowest BCUT2D eigenvalue weighted by atomic mass is 10.2. The van der Waals surface area contributed by atoms with Crippen LogP contribution in [0.1, 0.15) is 10.5 Å². The van der Waals surface area contributed by atoms with Crippen LogP contribution in [0.2, 0.25) is 10.0 Å². The van der Waals surface area contributed by atoms with Crippen molar-refractivity contribution in [3.8, 4) is 5.75 Å². The monoisotopic (exact) mass is 388 g/mol. The lowest BCUT2D eigenvalue weighted by Crippen LogP contribution is -2.14. The van der Waals surface area contributed by atoms with Crippen LogP contribution in [0.4, 0.5) is 17.2 Å². The van der Waals surface area contributed by atoms with Gasteiger partial charge in [0.1, 0.15) is 5.75 Å². The number of nitrogens with one attached hydrogen (secondary N) is 2. The minimum atomic E-state index is -0.395. The zero-order chi connectivity index (χ0) is 18.5. The van der Waals surface area contributed by atoms with E-state index in [9.17, 15) is 4.79 Å². The highest BCUT2D eigenvalue weighted by atomic mass is 35.5. The number of hydrogen-bond donors (Lipinski definition) is 2. The Morgan fingerprint density at radius 3 is 2.50 bits per heavy atom. The highest BCUT2D eigenvalue weighted by Gasteiger charge is 2.10. The number of anilines is 3. The quantitative estimate of drug-likeness (QED) is 0.656. The minimum absolute atomic E-state index is 0.175. The SMILES string of the molecule is COc1ccc(NC(=O)c2ccc(Nc3cccc(Cl)c3)nn2)cc1Cl. The van der Waals surface area contributed by atoms with E-state index in [1.165, 1.54) is 7.11 Å². The number of hydrogen-bond acceptors (Lipinski definition) is 5. The molecule has 0 aliphatic rings. The average molecular weight is 389 g/mol. The van der Waals surface area contributed by atoms with E-state index in [2.05, 4.69) is 20.8 Å². The molecular formula is C18H14Cl2N4O2. The Kier molecular flexibility index (Phi) is 5.55. The van der Waals surface area contributed by atoms with Crippen molar-refractivity contribution >= 4 is 46.3 Å². The fourth-order valence-corrected chi connectivity index (χ4v) is 2.62. The first-order valence-electron chi connectivity index (χ1n) is 7.56. The summed E-state index contributed by atoms with van der Waals surface area (Å²) in [7, 11) is 1.52. The maximum absolute atomic E-state index is 12.3. The molecule has 2 N–H and O–H groups in total. The molecule has 6 nitrogen and oxygen atoms in total. The number of rotatable bonds is 5. The van der Waals surface area contributed by atoms with E-state index in [-0.39, 0.29) is 5.69 Å². The predicted octanol–water partition coefficient (Wildman–Crippen LogP) is 4.79. The third-order valence-corrected chi connectivity index (χ3v) is 3.93. The van der Waals surface area contributed by atoms with E-state index in [0.29, 0.717) is 27.3 Å². The van der Waals surface area contributed by atoms with Crippen LogP contribution in [-0.4, -0.2) is 23.2 Å². The Morgan fingerprint density at radius 1 is 1.00 bits per heavy atom. The van der Waals surface area contributed by atoms with Crippen LogP contribution in [0.15, 0.2) is 54.6 Å². The van der Waals surface area contributed by atoms with Crippen molar-refractivity contribution in [1.82, 2.24) is 10.2 Å². The second-order valence-electron chi connectivity index (χ2n) is 5.24. The second-order valence-corrected chi connectivity index (χ2v) is 6.09. The fraction of sp³-hybridized carbons (Fsp3) is 0.0556. The van der Waals surface area contributed by atoms with Gasteiger partial charge >= 0.3 is 0 Å². The number of halogens is 2. The molecule has 3 aromatic rings. The van der Waals surface area contributed by atoms with Crippen LogP contribution in [0.25, 0.3) is 0 Å². The number of carbonyl (C=O) groups is 1. The summed E-state index contributed by atoms with van der Waals surface area (Å²) >= 11 is 12.0. The van der Waals surface area contributed by atoms with E-state index >= 15 is 0 Å². The van der Waals surface area contributed by atoms with Crippen LogP contribution in [-0.2, 0) is 0 Å². The molecule has 0 radical (unpaired) electrons.